The molecule has 1 aromatic heterocycles. The van der Waals surface area contributed by atoms with E-state index in [4.69, 9.17) is 0 Å². The Balaban J connectivity index is 1.99. The maximum atomic E-state index is 12.6. The molecular weight excluding hydrogens is 324 g/mol. The molecule has 3 atom stereocenters. The van der Waals surface area contributed by atoms with E-state index in [0.29, 0.717) is 18.9 Å². The summed E-state index contributed by atoms with van der Waals surface area (Å²) in [7, 11) is 0. The molecule has 1 aromatic rings. The molecule has 1 amide bonds. The number of thiophene rings is 1. The molecule has 3 unspecified atom stereocenters. The molecule has 6 heteroatoms. The fourth-order valence-electron chi connectivity index (χ4n) is 3.35. The van der Waals surface area contributed by atoms with Gasteiger partial charge in [0.05, 0.1) is 18.5 Å². The highest BCUT2D eigenvalue weighted by atomic mass is 32.1. The second-order valence-corrected chi connectivity index (χ2v) is 8.93. The number of carbonyl (C=O) groups is 2. The van der Waals surface area contributed by atoms with E-state index in [1.807, 2.05) is 29.3 Å². The normalized spacial score (nSPS) is 23.7. The summed E-state index contributed by atoms with van der Waals surface area (Å²) in [5, 5.41) is 14.4. The number of carboxylic acid groups (broad SMARTS) is 1. The molecule has 1 aliphatic heterocycles. The Kier molecular flexibility index (Phi) is 6.04. The lowest BCUT2D eigenvalue weighted by atomic mass is 9.85. The number of carbonyl (C=O) groups excluding carboxylic acids is 1. The Morgan fingerprint density at radius 1 is 1.42 bits per heavy atom. The van der Waals surface area contributed by atoms with Crippen LogP contribution in [0.3, 0.4) is 0 Å². The van der Waals surface area contributed by atoms with E-state index in [1.54, 1.807) is 11.3 Å². The van der Waals surface area contributed by atoms with Crippen LogP contribution in [0.2, 0.25) is 0 Å². The summed E-state index contributed by atoms with van der Waals surface area (Å²) in [5.41, 5.74) is -0.0840. The van der Waals surface area contributed by atoms with Crippen LogP contribution in [0.1, 0.15) is 45.0 Å². The first-order valence-electron chi connectivity index (χ1n) is 8.44. The highest BCUT2D eigenvalue weighted by Gasteiger charge is 2.32. The molecule has 0 saturated carbocycles. The summed E-state index contributed by atoms with van der Waals surface area (Å²) in [5.74, 6) is -0.889. The minimum absolute atomic E-state index is 0.0394. The number of nitrogens with zero attached hydrogens (tertiary/aromatic N) is 1. The SMILES string of the molecule is CC1CC(C(=O)O)CN(CC(=O)NC(c2cccs2)C(C)(C)C)C1. The predicted molar refractivity (Wildman–Crippen MR) is 96.0 cm³/mol. The standard InChI is InChI=1S/C18H28N2O3S/c1-12-8-13(17(22)23)10-20(9-12)11-15(21)19-16(18(2,3)4)14-6-5-7-24-14/h5-7,12-13,16H,8-11H2,1-4H3,(H,19,21)(H,22,23). The summed E-state index contributed by atoms with van der Waals surface area (Å²) in [6.45, 7) is 9.86. The fourth-order valence-corrected chi connectivity index (χ4v) is 4.37. The minimum Gasteiger partial charge on any atom is -0.481 e. The second kappa shape index (κ2) is 7.66. The zero-order valence-corrected chi connectivity index (χ0v) is 15.7. The molecule has 134 valence electrons. The van der Waals surface area contributed by atoms with E-state index >= 15 is 0 Å². The molecule has 0 bridgehead atoms. The van der Waals surface area contributed by atoms with E-state index in [2.05, 4.69) is 26.1 Å². The van der Waals surface area contributed by atoms with Gasteiger partial charge in [-0.2, -0.15) is 0 Å². The number of hydrogen-bond donors (Lipinski definition) is 2. The van der Waals surface area contributed by atoms with E-state index in [-0.39, 0.29) is 29.8 Å². The van der Waals surface area contributed by atoms with E-state index in [1.165, 1.54) is 0 Å². The number of carboxylic acids is 1. The first kappa shape index (κ1) is 18.9. The van der Waals surface area contributed by atoms with E-state index in [9.17, 15) is 14.7 Å². The van der Waals surface area contributed by atoms with Gasteiger partial charge in [-0.3, -0.25) is 14.5 Å². The smallest absolute Gasteiger partial charge is 0.307 e. The average molecular weight is 353 g/mol. The summed E-state index contributed by atoms with van der Waals surface area (Å²) in [6.07, 6.45) is 0.688. The topological polar surface area (TPSA) is 69.6 Å². The molecule has 1 aliphatic rings. The molecule has 2 heterocycles. The zero-order chi connectivity index (χ0) is 17.9. The molecule has 5 nitrogen and oxygen atoms in total. The van der Waals surface area contributed by atoms with Crippen LogP contribution >= 0.6 is 11.3 Å². The number of aliphatic carboxylic acids is 1. The summed E-state index contributed by atoms with van der Waals surface area (Å²) >= 11 is 1.64. The molecule has 0 aromatic carbocycles. The lowest BCUT2D eigenvalue weighted by molar-refractivity contribution is -0.145. The summed E-state index contributed by atoms with van der Waals surface area (Å²) in [4.78, 5) is 26.9. The van der Waals surface area contributed by atoms with Crippen LogP contribution < -0.4 is 5.32 Å². The van der Waals surface area contributed by atoms with Gasteiger partial charge in [0.2, 0.25) is 5.91 Å². The Morgan fingerprint density at radius 3 is 2.67 bits per heavy atom. The van der Waals surface area contributed by atoms with Crippen molar-refractivity contribution in [3.05, 3.63) is 22.4 Å². The van der Waals surface area contributed by atoms with Crippen molar-refractivity contribution in [3.8, 4) is 0 Å². The Morgan fingerprint density at radius 2 is 2.12 bits per heavy atom. The van der Waals surface area contributed by atoms with Crippen LogP contribution in [0, 0.1) is 17.3 Å². The van der Waals surface area contributed by atoms with Crippen molar-refractivity contribution in [2.45, 2.75) is 40.2 Å². The van der Waals surface area contributed by atoms with Crippen LogP contribution in [0.25, 0.3) is 0 Å². The maximum absolute atomic E-state index is 12.6. The number of amides is 1. The highest BCUT2D eigenvalue weighted by Crippen LogP contribution is 2.35. The van der Waals surface area contributed by atoms with Crippen LogP contribution in [0.15, 0.2) is 17.5 Å². The molecule has 1 fully saturated rings. The molecule has 2 N–H and O–H groups in total. The lowest BCUT2D eigenvalue weighted by Gasteiger charge is -2.35. The predicted octanol–water partition coefficient (Wildman–Crippen LogP) is 2.99. The van der Waals surface area contributed by atoms with Gasteiger partial charge in [-0.1, -0.05) is 33.8 Å². The number of rotatable bonds is 5. The van der Waals surface area contributed by atoms with Crippen molar-refractivity contribution < 1.29 is 14.7 Å². The van der Waals surface area contributed by atoms with Gasteiger partial charge in [-0.05, 0) is 29.2 Å². The van der Waals surface area contributed by atoms with Gasteiger partial charge in [0.15, 0.2) is 0 Å². The quantitative estimate of drug-likeness (QED) is 0.855. The third-order valence-corrected chi connectivity index (χ3v) is 5.39. The van der Waals surface area contributed by atoms with Crippen molar-refractivity contribution in [1.29, 1.82) is 0 Å². The van der Waals surface area contributed by atoms with Gasteiger partial charge in [-0.15, -0.1) is 11.3 Å². The maximum Gasteiger partial charge on any atom is 0.307 e. The number of hydrogen-bond acceptors (Lipinski definition) is 4. The molecular formula is C18H28N2O3S. The third-order valence-electron chi connectivity index (χ3n) is 4.45. The highest BCUT2D eigenvalue weighted by molar-refractivity contribution is 7.10. The zero-order valence-electron chi connectivity index (χ0n) is 14.9. The summed E-state index contributed by atoms with van der Waals surface area (Å²) in [6, 6.07) is 4.00. The first-order valence-corrected chi connectivity index (χ1v) is 9.32. The van der Waals surface area contributed by atoms with Crippen LogP contribution in [0.5, 0.6) is 0 Å². The Bertz CT molecular complexity index is 565. The second-order valence-electron chi connectivity index (χ2n) is 7.95. The van der Waals surface area contributed by atoms with Crippen LogP contribution in [-0.4, -0.2) is 41.5 Å². The molecule has 2 rings (SSSR count). The fraction of sp³-hybridized carbons (Fsp3) is 0.667. The number of likely N-dealkylation sites (tertiary alicyclic amines) is 1. The van der Waals surface area contributed by atoms with Crippen molar-refractivity contribution in [2.75, 3.05) is 19.6 Å². The van der Waals surface area contributed by atoms with Gasteiger partial charge >= 0.3 is 5.97 Å². The van der Waals surface area contributed by atoms with Crippen LogP contribution in [-0.2, 0) is 9.59 Å². The minimum atomic E-state index is -0.766. The van der Waals surface area contributed by atoms with Gasteiger partial charge < -0.3 is 10.4 Å². The van der Waals surface area contributed by atoms with Crippen molar-refractivity contribution in [1.82, 2.24) is 10.2 Å². The van der Waals surface area contributed by atoms with Gasteiger partial charge in [0, 0.05) is 18.0 Å². The number of piperidine rings is 1. The van der Waals surface area contributed by atoms with Crippen LogP contribution in [0.4, 0.5) is 0 Å². The molecule has 0 aliphatic carbocycles. The number of nitrogens with one attached hydrogen (secondary N) is 1. The monoisotopic (exact) mass is 352 g/mol. The Hall–Kier alpha value is -1.40. The van der Waals surface area contributed by atoms with Crippen molar-refractivity contribution in [3.63, 3.8) is 0 Å². The molecule has 0 radical (unpaired) electrons. The van der Waals surface area contributed by atoms with E-state index < -0.39 is 5.97 Å². The Labute approximate surface area is 148 Å². The third kappa shape index (κ3) is 5.05. The molecule has 0 spiro atoms. The van der Waals surface area contributed by atoms with Gasteiger partial charge in [0.1, 0.15) is 0 Å². The van der Waals surface area contributed by atoms with Crippen molar-refractivity contribution >= 4 is 23.2 Å². The largest absolute Gasteiger partial charge is 0.481 e. The van der Waals surface area contributed by atoms with Crippen molar-refractivity contribution in [2.24, 2.45) is 17.3 Å². The van der Waals surface area contributed by atoms with Gasteiger partial charge in [-0.25, -0.2) is 0 Å². The summed E-state index contributed by atoms with van der Waals surface area (Å²) < 4.78 is 0. The average Bonchev–Trinajstić information content (AvgIpc) is 2.96. The van der Waals surface area contributed by atoms with Gasteiger partial charge in [0.25, 0.3) is 0 Å². The van der Waals surface area contributed by atoms with E-state index in [0.717, 1.165) is 11.4 Å². The molecule has 24 heavy (non-hydrogen) atoms. The molecule has 1 saturated heterocycles. The first-order chi connectivity index (χ1) is 11.2. The lowest BCUT2D eigenvalue weighted by Crippen LogP contribution is -2.48.